The van der Waals surface area contributed by atoms with E-state index in [0.717, 1.165) is 38.2 Å². The van der Waals surface area contributed by atoms with Gasteiger partial charge >= 0.3 is 0 Å². The molecule has 2 rings (SSSR count). The maximum Gasteiger partial charge on any atom is 0.216 e. The van der Waals surface area contributed by atoms with Gasteiger partial charge in [0.2, 0.25) is 5.91 Å². The number of hydrogen-bond acceptors (Lipinski definition) is 4. The van der Waals surface area contributed by atoms with Gasteiger partial charge in [0.25, 0.3) is 0 Å². The minimum absolute atomic E-state index is 0.0283. The number of methoxy groups -OCH3 is 1. The second-order valence-electron chi connectivity index (χ2n) is 5.19. The molecule has 0 radical (unpaired) electrons. The summed E-state index contributed by atoms with van der Waals surface area (Å²) < 4.78 is 5.28. The molecule has 0 aromatic heterocycles. The Labute approximate surface area is 120 Å². The van der Waals surface area contributed by atoms with Crippen LogP contribution in [0.15, 0.2) is 12.1 Å². The first-order valence-corrected chi connectivity index (χ1v) is 7.02. The fraction of sp³-hybridized carbons (Fsp3) is 0.533. The minimum Gasteiger partial charge on any atom is -0.495 e. The zero-order chi connectivity index (χ0) is 14.5. The first-order chi connectivity index (χ1) is 9.60. The molecule has 0 saturated heterocycles. The van der Waals surface area contributed by atoms with Crippen LogP contribution >= 0.6 is 0 Å². The van der Waals surface area contributed by atoms with E-state index in [2.05, 4.69) is 16.3 Å². The molecule has 1 amide bonds. The van der Waals surface area contributed by atoms with Gasteiger partial charge in [-0.05, 0) is 36.1 Å². The topological polar surface area (TPSA) is 67.6 Å². The van der Waals surface area contributed by atoms with Crippen molar-refractivity contribution in [1.29, 1.82) is 0 Å². The summed E-state index contributed by atoms with van der Waals surface area (Å²) in [5, 5.41) is 2.84. The van der Waals surface area contributed by atoms with E-state index in [1.807, 2.05) is 6.07 Å². The van der Waals surface area contributed by atoms with Crippen LogP contribution in [0.1, 0.15) is 18.1 Å². The van der Waals surface area contributed by atoms with Crippen molar-refractivity contribution in [2.45, 2.75) is 19.8 Å². The van der Waals surface area contributed by atoms with Gasteiger partial charge in [-0.1, -0.05) is 0 Å². The van der Waals surface area contributed by atoms with Gasteiger partial charge in [-0.3, -0.25) is 4.79 Å². The summed E-state index contributed by atoms with van der Waals surface area (Å²) in [6.07, 6.45) is 1.98. The summed E-state index contributed by atoms with van der Waals surface area (Å²) in [5.74, 6) is 0.788. The maximum atomic E-state index is 10.9. The van der Waals surface area contributed by atoms with Crippen molar-refractivity contribution in [2.75, 3.05) is 39.0 Å². The molecule has 1 aromatic rings. The molecule has 3 N–H and O–H groups in total. The molecule has 1 heterocycles. The molecule has 1 aliphatic heterocycles. The highest BCUT2D eigenvalue weighted by Gasteiger charge is 2.15. The third kappa shape index (κ3) is 3.63. The minimum atomic E-state index is 0.0283. The Bertz CT molecular complexity index is 488. The van der Waals surface area contributed by atoms with E-state index in [0.29, 0.717) is 12.2 Å². The van der Waals surface area contributed by atoms with Crippen molar-refractivity contribution < 1.29 is 9.53 Å². The van der Waals surface area contributed by atoms with E-state index in [9.17, 15) is 4.79 Å². The van der Waals surface area contributed by atoms with Crippen molar-refractivity contribution in [3.8, 4) is 5.75 Å². The molecular formula is C15H23N3O2. The van der Waals surface area contributed by atoms with Crippen LogP contribution in [-0.4, -0.2) is 44.1 Å². The van der Waals surface area contributed by atoms with E-state index in [-0.39, 0.29) is 5.91 Å². The van der Waals surface area contributed by atoms with Crippen LogP contribution in [0.2, 0.25) is 0 Å². The lowest BCUT2D eigenvalue weighted by Crippen LogP contribution is -2.35. The van der Waals surface area contributed by atoms with Gasteiger partial charge in [0.1, 0.15) is 5.75 Å². The van der Waals surface area contributed by atoms with Crippen LogP contribution in [0.4, 0.5) is 5.69 Å². The first kappa shape index (κ1) is 14.7. The summed E-state index contributed by atoms with van der Waals surface area (Å²) in [6, 6.07) is 4.09. The van der Waals surface area contributed by atoms with Crippen LogP contribution < -0.4 is 15.8 Å². The van der Waals surface area contributed by atoms with Crippen molar-refractivity contribution in [3.05, 3.63) is 23.3 Å². The molecule has 20 heavy (non-hydrogen) atoms. The smallest absolute Gasteiger partial charge is 0.216 e. The third-order valence-electron chi connectivity index (χ3n) is 3.75. The van der Waals surface area contributed by atoms with Crippen molar-refractivity contribution in [1.82, 2.24) is 10.2 Å². The average molecular weight is 277 g/mol. The molecule has 0 bridgehead atoms. The molecule has 1 aromatic carbocycles. The van der Waals surface area contributed by atoms with E-state index in [4.69, 9.17) is 10.5 Å². The Morgan fingerprint density at radius 1 is 1.35 bits per heavy atom. The lowest BCUT2D eigenvalue weighted by molar-refractivity contribution is -0.119. The Balaban J connectivity index is 1.98. The molecule has 0 unspecified atom stereocenters. The van der Waals surface area contributed by atoms with Crippen LogP contribution in [-0.2, 0) is 17.6 Å². The first-order valence-electron chi connectivity index (χ1n) is 7.02. The second kappa shape index (κ2) is 6.61. The predicted molar refractivity (Wildman–Crippen MR) is 79.9 cm³/mol. The molecule has 1 aliphatic rings. The van der Waals surface area contributed by atoms with E-state index >= 15 is 0 Å². The summed E-state index contributed by atoms with van der Waals surface area (Å²) in [4.78, 5) is 13.3. The highest BCUT2D eigenvalue weighted by Crippen LogP contribution is 2.28. The SMILES string of the molecule is COc1cc2c(cc1N)CCN(CCNC(C)=O)CC2. The molecule has 0 atom stereocenters. The highest BCUT2D eigenvalue weighted by atomic mass is 16.5. The Morgan fingerprint density at radius 2 is 2.00 bits per heavy atom. The molecule has 5 nitrogen and oxygen atoms in total. The fourth-order valence-electron chi connectivity index (χ4n) is 2.61. The number of fused-ring (bicyclic) bond motifs is 1. The molecule has 0 saturated carbocycles. The zero-order valence-electron chi connectivity index (χ0n) is 12.2. The fourth-order valence-corrected chi connectivity index (χ4v) is 2.61. The molecule has 0 aliphatic carbocycles. The van der Waals surface area contributed by atoms with Crippen molar-refractivity contribution in [3.63, 3.8) is 0 Å². The number of nitrogens with one attached hydrogen (secondary N) is 1. The standard InChI is InChI=1S/C15H23N3O2/c1-11(19)17-5-8-18-6-3-12-9-14(16)15(20-2)10-13(12)4-7-18/h9-10H,3-8,16H2,1-2H3,(H,17,19). The van der Waals surface area contributed by atoms with E-state index in [1.165, 1.54) is 11.1 Å². The van der Waals surface area contributed by atoms with Gasteiger partial charge in [0.15, 0.2) is 0 Å². The Kier molecular flexibility index (Phi) is 4.84. The van der Waals surface area contributed by atoms with E-state index < -0.39 is 0 Å². The summed E-state index contributed by atoms with van der Waals surface area (Å²) in [7, 11) is 1.65. The number of amides is 1. The number of rotatable bonds is 4. The zero-order valence-corrected chi connectivity index (χ0v) is 12.2. The summed E-state index contributed by atoms with van der Waals surface area (Å²) in [6.45, 7) is 5.14. The summed E-state index contributed by atoms with van der Waals surface area (Å²) >= 11 is 0. The molecule has 110 valence electrons. The molecule has 5 heteroatoms. The molecule has 0 spiro atoms. The Hall–Kier alpha value is -1.75. The van der Waals surface area contributed by atoms with Gasteiger partial charge in [0.05, 0.1) is 12.8 Å². The highest BCUT2D eigenvalue weighted by molar-refractivity contribution is 5.72. The van der Waals surface area contributed by atoms with Crippen LogP contribution in [0.3, 0.4) is 0 Å². The van der Waals surface area contributed by atoms with Gasteiger partial charge in [-0.15, -0.1) is 0 Å². The van der Waals surface area contributed by atoms with E-state index in [1.54, 1.807) is 14.0 Å². The largest absolute Gasteiger partial charge is 0.495 e. The molecular weight excluding hydrogens is 254 g/mol. The van der Waals surface area contributed by atoms with Gasteiger partial charge < -0.3 is 20.7 Å². The van der Waals surface area contributed by atoms with Gasteiger partial charge in [-0.2, -0.15) is 0 Å². The number of ether oxygens (including phenoxy) is 1. The number of nitrogen functional groups attached to an aromatic ring is 1. The predicted octanol–water partition coefficient (Wildman–Crippen LogP) is 0.814. The lowest BCUT2D eigenvalue weighted by Gasteiger charge is -2.19. The molecule has 0 fully saturated rings. The Morgan fingerprint density at radius 3 is 2.60 bits per heavy atom. The summed E-state index contributed by atoms with van der Waals surface area (Å²) in [5.41, 5.74) is 9.30. The maximum absolute atomic E-state index is 10.9. The average Bonchev–Trinajstić information content (AvgIpc) is 2.60. The van der Waals surface area contributed by atoms with Crippen molar-refractivity contribution >= 4 is 11.6 Å². The van der Waals surface area contributed by atoms with Gasteiger partial charge in [0, 0.05) is 33.1 Å². The third-order valence-corrected chi connectivity index (χ3v) is 3.75. The van der Waals surface area contributed by atoms with Gasteiger partial charge in [-0.25, -0.2) is 0 Å². The number of nitrogens with two attached hydrogens (primary N) is 1. The number of anilines is 1. The lowest BCUT2D eigenvalue weighted by atomic mass is 10.0. The van der Waals surface area contributed by atoms with Crippen molar-refractivity contribution in [2.24, 2.45) is 0 Å². The number of carbonyl (C=O) groups excluding carboxylic acids is 1. The van der Waals surface area contributed by atoms with Crippen LogP contribution in [0.25, 0.3) is 0 Å². The number of hydrogen-bond donors (Lipinski definition) is 2. The monoisotopic (exact) mass is 277 g/mol. The quantitative estimate of drug-likeness (QED) is 0.799. The second-order valence-corrected chi connectivity index (χ2v) is 5.19. The number of nitrogens with zero attached hydrogens (tertiary/aromatic N) is 1. The number of benzene rings is 1. The van der Waals surface area contributed by atoms with Crippen LogP contribution in [0, 0.1) is 0 Å². The normalized spacial score (nSPS) is 15.3. The number of carbonyl (C=O) groups is 1. The van der Waals surface area contributed by atoms with Crippen LogP contribution in [0.5, 0.6) is 5.75 Å².